The zero-order valence-corrected chi connectivity index (χ0v) is 20.9. The minimum absolute atomic E-state index is 0.0821. The molecule has 2 N–H and O–H groups in total. The van der Waals surface area contributed by atoms with Crippen LogP contribution in [0.25, 0.3) is 0 Å². The summed E-state index contributed by atoms with van der Waals surface area (Å²) in [5.74, 6) is -1.33. The molecule has 1 unspecified atom stereocenters. The maximum Gasteiger partial charge on any atom is 0.335 e. The first kappa shape index (κ1) is 25.8. The fourth-order valence-corrected chi connectivity index (χ4v) is 4.64. The highest BCUT2D eigenvalue weighted by atomic mass is 32.2. The van der Waals surface area contributed by atoms with Gasteiger partial charge in [0.15, 0.2) is 5.60 Å². The lowest BCUT2D eigenvalue weighted by Gasteiger charge is -2.23. The van der Waals surface area contributed by atoms with Crippen LogP contribution in [0, 0.1) is 0 Å². The molecule has 1 atom stereocenters. The summed E-state index contributed by atoms with van der Waals surface area (Å²) in [5, 5.41) is 9.14. The van der Waals surface area contributed by atoms with E-state index in [1.54, 1.807) is 38.2 Å². The first-order valence-corrected chi connectivity index (χ1v) is 12.1. The maximum absolute atomic E-state index is 13.2. The molecule has 8 nitrogen and oxygen atoms in total. The Morgan fingerprint density at radius 3 is 2.26 bits per heavy atom. The van der Waals surface area contributed by atoms with Crippen LogP contribution in [0.2, 0.25) is 0 Å². The Kier molecular flexibility index (Phi) is 8.42. The number of rotatable bonds is 11. The van der Waals surface area contributed by atoms with Gasteiger partial charge in [0.2, 0.25) is 0 Å². The minimum atomic E-state index is -1.32. The molecule has 0 bridgehead atoms. The lowest BCUT2D eigenvalue weighted by molar-refractivity contribution is -0.163. The summed E-state index contributed by atoms with van der Waals surface area (Å²) >= 11 is 2.37. The minimum Gasteiger partial charge on any atom is -0.488 e. The number of aliphatic carboxylic acids is 1. The summed E-state index contributed by atoms with van der Waals surface area (Å²) in [6.07, 6.45) is -0.409. The summed E-state index contributed by atoms with van der Waals surface area (Å²) < 4.78 is 14.1. The second-order valence-corrected chi connectivity index (χ2v) is 9.98. The van der Waals surface area contributed by atoms with Gasteiger partial charge in [-0.3, -0.25) is 14.3 Å². The predicted octanol–water partition coefficient (Wildman–Crippen LogP) is 4.08. The van der Waals surface area contributed by atoms with Gasteiger partial charge in [0, 0.05) is 4.90 Å². The van der Waals surface area contributed by atoms with Gasteiger partial charge in [-0.15, -0.1) is 0 Å². The van der Waals surface area contributed by atoms with Crippen molar-refractivity contribution < 1.29 is 29.0 Å². The van der Waals surface area contributed by atoms with Gasteiger partial charge in [0.25, 0.3) is 11.8 Å². The van der Waals surface area contributed by atoms with E-state index >= 15 is 0 Å². The molecule has 1 aliphatic rings. The molecule has 10 heteroatoms. The van der Waals surface area contributed by atoms with Crippen molar-refractivity contribution in [1.82, 2.24) is 4.72 Å². The van der Waals surface area contributed by atoms with Crippen LogP contribution < -0.4 is 14.4 Å². The van der Waals surface area contributed by atoms with Gasteiger partial charge in [0.05, 0.1) is 17.2 Å². The molecule has 0 saturated heterocycles. The van der Waals surface area contributed by atoms with Crippen LogP contribution >= 0.6 is 23.7 Å². The van der Waals surface area contributed by atoms with Crippen LogP contribution in [-0.2, 0) is 19.1 Å². The molecular weight excluding hydrogens is 476 g/mol. The molecule has 0 saturated carbocycles. The predicted molar refractivity (Wildman–Crippen MR) is 133 cm³/mol. The largest absolute Gasteiger partial charge is 0.488 e. The maximum atomic E-state index is 13.2. The number of hydrogen-bond acceptors (Lipinski definition) is 8. The lowest BCUT2D eigenvalue weighted by Crippen LogP contribution is -2.37. The van der Waals surface area contributed by atoms with Crippen molar-refractivity contribution in [3.8, 4) is 5.75 Å². The van der Waals surface area contributed by atoms with E-state index < -0.39 is 23.6 Å². The second kappa shape index (κ2) is 11.1. The summed E-state index contributed by atoms with van der Waals surface area (Å²) in [7, 11) is 1.69. The van der Waals surface area contributed by atoms with E-state index in [1.807, 2.05) is 30.3 Å². The average Bonchev–Trinajstić information content (AvgIpc) is 3.03. The molecule has 3 rings (SSSR count). The van der Waals surface area contributed by atoms with Crippen LogP contribution in [0.1, 0.15) is 20.8 Å². The number of carbonyl (C=O) groups excluding carboxylic acids is 2. The molecule has 0 aliphatic carbocycles. The van der Waals surface area contributed by atoms with E-state index in [4.69, 9.17) is 14.6 Å². The van der Waals surface area contributed by atoms with Crippen molar-refractivity contribution in [3.63, 3.8) is 0 Å². The second-order valence-electron chi connectivity index (χ2n) is 7.87. The Morgan fingerprint density at radius 2 is 1.68 bits per heavy atom. The van der Waals surface area contributed by atoms with E-state index in [9.17, 15) is 14.4 Å². The Labute approximate surface area is 206 Å². The van der Waals surface area contributed by atoms with Crippen LogP contribution in [0.4, 0.5) is 5.69 Å². The highest BCUT2D eigenvalue weighted by Crippen LogP contribution is 2.40. The summed E-state index contributed by atoms with van der Waals surface area (Å²) in [4.78, 5) is 40.2. The van der Waals surface area contributed by atoms with Gasteiger partial charge in [-0.25, -0.2) is 9.69 Å². The quantitative estimate of drug-likeness (QED) is 0.347. The third-order valence-corrected chi connectivity index (χ3v) is 6.80. The van der Waals surface area contributed by atoms with Gasteiger partial charge < -0.3 is 14.6 Å². The molecule has 2 amide bonds. The molecule has 1 heterocycles. The van der Waals surface area contributed by atoms with Crippen LogP contribution in [0.5, 0.6) is 5.75 Å². The molecule has 0 spiro atoms. The van der Waals surface area contributed by atoms with Gasteiger partial charge in [0.1, 0.15) is 16.8 Å². The third kappa shape index (κ3) is 6.01. The van der Waals surface area contributed by atoms with E-state index in [2.05, 4.69) is 4.72 Å². The van der Waals surface area contributed by atoms with E-state index in [0.717, 1.165) is 21.7 Å². The molecule has 2 aromatic carbocycles. The third-order valence-electron chi connectivity index (χ3n) is 4.79. The van der Waals surface area contributed by atoms with E-state index in [0.29, 0.717) is 21.2 Å². The zero-order chi connectivity index (χ0) is 24.9. The number of amides is 2. The number of imide groups is 1. The molecule has 1 aliphatic heterocycles. The normalized spacial score (nSPS) is 15.1. The number of carboxylic acids is 1. The van der Waals surface area contributed by atoms with Gasteiger partial charge in [-0.05, 0) is 76.2 Å². The van der Waals surface area contributed by atoms with Gasteiger partial charge in [-0.1, -0.05) is 30.0 Å². The van der Waals surface area contributed by atoms with Crippen molar-refractivity contribution in [2.24, 2.45) is 0 Å². The topological polar surface area (TPSA) is 105 Å². The average molecular weight is 503 g/mol. The summed E-state index contributed by atoms with van der Waals surface area (Å²) in [6, 6.07) is 16.0. The number of hydrogen-bond donors (Lipinski definition) is 2. The number of benzene rings is 2. The number of nitrogens with zero attached hydrogens (tertiary/aromatic N) is 1. The van der Waals surface area contributed by atoms with Crippen molar-refractivity contribution in [3.05, 3.63) is 64.4 Å². The number of carbonyl (C=O) groups is 3. The Bertz CT molecular complexity index is 1090. The number of carboxylic acid groups (broad SMARTS) is 1. The fraction of sp³-hybridized carbons (Fsp3) is 0.292. The fourth-order valence-electron chi connectivity index (χ4n) is 2.94. The summed E-state index contributed by atoms with van der Waals surface area (Å²) in [6.45, 7) is 4.79. The molecule has 0 aromatic heterocycles. The van der Waals surface area contributed by atoms with Crippen molar-refractivity contribution >= 4 is 47.2 Å². The van der Waals surface area contributed by atoms with Crippen molar-refractivity contribution in [2.75, 3.05) is 18.6 Å². The molecular formula is C24H26N2O6S2. The Morgan fingerprint density at radius 1 is 1.06 bits per heavy atom. The molecule has 0 fully saturated rings. The highest BCUT2D eigenvalue weighted by molar-refractivity contribution is 8.07. The van der Waals surface area contributed by atoms with Gasteiger partial charge >= 0.3 is 5.97 Å². The SMILES string of the molecule is CNSC1=C(Sc2ccccc2)C(=O)N(c2ccc(OC(C)COC(C)(C)C(=O)O)cc2)C1=O. The zero-order valence-electron chi connectivity index (χ0n) is 19.2. The lowest BCUT2D eigenvalue weighted by atomic mass is 10.1. The number of nitrogens with one attached hydrogen (secondary N) is 1. The monoisotopic (exact) mass is 502 g/mol. The molecule has 180 valence electrons. The molecule has 34 heavy (non-hydrogen) atoms. The van der Waals surface area contributed by atoms with Gasteiger partial charge in [-0.2, -0.15) is 0 Å². The molecule has 0 radical (unpaired) electrons. The summed E-state index contributed by atoms with van der Waals surface area (Å²) in [5.41, 5.74) is -0.889. The molecule has 2 aromatic rings. The highest BCUT2D eigenvalue weighted by Gasteiger charge is 2.40. The van der Waals surface area contributed by atoms with Crippen LogP contribution in [0.15, 0.2) is 69.3 Å². The Balaban J connectivity index is 1.71. The number of thioether (sulfide) groups is 1. The van der Waals surface area contributed by atoms with Crippen molar-refractivity contribution in [1.29, 1.82) is 0 Å². The first-order chi connectivity index (χ1) is 16.1. The number of anilines is 1. The smallest absolute Gasteiger partial charge is 0.335 e. The van der Waals surface area contributed by atoms with E-state index in [1.165, 1.54) is 25.6 Å². The van der Waals surface area contributed by atoms with Crippen molar-refractivity contribution in [2.45, 2.75) is 37.4 Å². The van der Waals surface area contributed by atoms with Crippen LogP contribution in [-0.4, -0.2) is 48.2 Å². The Hall–Kier alpha value is -2.79. The van der Waals surface area contributed by atoms with Crippen LogP contribution in [0.3, 0.4) is 0 Å². The van der Waals surface area contributed by atoms with E-state index in [-0.39, 0.29) is 12.5 Å². The first-order valence-electron chi connectivity index (χ1n) is 10.5. The number of ether oxygens (including phenoxy) is 2. The standard InChI is InChI=1S/C24H26N2O6S2/c1-15(14-31-24(2,3)23(29)30)32-17-12-10-16(11-13-17)26-21(27)19(20(22(26)28)34-25-4)33-18-8-6-5-7-9-18/h5-13,15,25H,14H2,1-4H3,(H,29,30).